The van der Waals surface area contributed by atoms with Crippen molar-refractivity contribution in [1.82, 2.24) is 14.8 Å². The van der Waals surface area contributed by atoms with Gasteiger partial charge in [-0.05, 0) is 81.4 Å². The Morgan fingerprint density at radius 2 is 1.66 bits per heavy atom. The van der Waals surface area contributed by atoms with Crippen LogP contribution in [0.4, 0.5) is 0 Å². The van der Waals surface area contributed by atoms with Crippen LogP contribution < -0.4 is 10.9 Å². The lowest BCUT2D eigenvalue weighted by Gasteiger charge is -2.63. The Balaban J connectivity index is 0.00000294. The molecule has 3 aromatic rings. The Morgan fingerprint density at radius 3 is 2.29 bits per heavy atom. The Morgan fingerprint density at radius 1 is 1.03 bits per heavy atom. The number of rotatable bonds is 6. The maximum absolute atomic E-state index is 13.7. The lowest BCUT2D eigenvalue weighted by Crippen LogP contribution is -2.68. The van der Waals surface area contributed by atoms with Crippen molar-refractivity contribution in [3.63, 3.8) is 0 Å². The van der Waals surface area contributed by atoms with Crippen molar-refractivity contribution < 1.29 is 9.90 Å². The molecular weight excluding hydrogens is 498 g/mol. The van der Waals surface area contributed by atoms with Gasteiger partial charge in [-0.1, -0.05) is 49.4 Å². The molecule has 7 heteroatoms. The van der Waals surface area contributed by atoms with Gasteiger partial charge in [-0.25, -0.2) is 0 Å². The molecule has 1 amide bonds. The van der Waals surface area contributed by atoms with Gasteiger partial charge in [0.15, 0.2) is 0 Å². The van der Waals surface area contributed by atoms with Crippen molar-refractivity contribution >= 4 is 29.2 Å². The number of amides is 1. The minimum atomic E-state index is -0.485. The first-order valence-electron chi connectivity index (χ1n) is 13.8. The summed E-state index contributed by atoms with van der Waals surface area (Å²) in [6, 6.07) is 18.9. The number of piperidine rings is 2. The normalized spacial score (nSPS) is 26.9. The average molecular weight is 536 g/mol. The molecule has 3 heterocycles. The SMILES string of the molecule is CCC(NC(=O)c1c(O)c2ccccc2n(C(C)C)c1=O)N1C2CC3CC1CC(c1ccccc1)(C3)C2.Cl. The van der Waals surface area contributed by atoms with Crippen LogP contribution in [0.15, 0.2) is 59.4 Å². The molecule has 3 unspecified atom stereocenters. The van der Waals surface area contributed by atoms with E-state index in [2.05, 4.69) is 47.5 Å². The number of nitrogens with one attached hydrogen (secondary N) is 1. The highest BCUT2D eigenvalue weighted by atomic mass is 35.5. The van der Waals surface area contributed by atoms with Gasteiger partial charge in [0.1, 0.15) is 11.3 Å². The summed E-state index contributed by atoms with van der Waals surface area (Å²) in [5.74, 6) is 0.0130. The minimum Gasteiger partial charge on any atom is -0.506 e. The van der Waals surface area contributed by atoms with E-state index in [9.17, 15) is 14.7 Å². The Bertz CT molecular complexity index is 1390. The van der Waals surface area contributed by atoms with Gasteiger partial charge in [0.2, 0.25) is 0 Å². The molecule has 2 saturated heterocycles. The van der Waals surface area contributed by atoms with Crippen LogP contribution in [-0.4, -0.2) is 38.7 Å². The molecule has 2 aromatic carbocycles. The van der Waals surface area contributed by atoms with Crippen LogP contribution in [0.2, 0.25) is 0 Å². The van der Waals surface area contributed by atoms with Gasteiger partial charge in [-0.15, -0.1) is 12.4 Å². The molecule has 4 bridgehead atoms. The molecule has 2 saturated carbocycles. The first kappa shape index (κ1) is 26.8. The zero-order chi connectivity index (χ0) is 25.9. The molecule has 1 aromatic heterocycles. The average Bonchev–Trinajstić information content (AvgIpc) is 2.88. The quantitative estimate of drug-likeness (QED) is 0.421. The highest BCUT2D eigenvalue weighted by molar-refractivity contribution is 6.02. The van der Waals surface area contributed by atoms with E-state index in [4.69, 9.17) is 0 Å². The number of carbonyl (C=O) groups is 1. The van der Waals surface area contributed by atoms with Crippen LogP contribution in [-0.2, 0) is 5.41 Å². The summed E-state index contributed by atoms with van der Waals surface area (Å²) in [7, 11) is 0. The van der Waals surface area contributed by atoms with Crippen LogP contribution >= 0.6 is 12.4 Å². The van der Waals surface area contributed by atoms with Crippen molar-refractivity contribution in [3.8, 4) is 5.75 Å². The molecule has 2 N–H and O–H groups in total. The fourth-order valence-corrected chi connectivity index (χ4v) is 7.99. The van der Waals surface area contributed by atoms with Crippen LogP contribution in [0.25, 0.3) is 10.9 Å². The van der Waals surface area contributed by atoms with Gasteiger partial charge < -0.3 is 15.0 Å². The number of aromatic hydroxyl groups is 1. The molecule has 2 aliphatic heterocycles. The van der Waals surface area contributed by atoms with Crippen molar-refractivity contribution in [3.05, 3.63) is 76.1 Å². The second kappa shape index (κ2) is 10.0. The number of carbonyl (C=O) groups excluding carboxylic acids is 1. The topological polar surface area (TPSA) is 74.6 Å². The summed E-state index contributed by atoms with van der Waals surface area (Å²) in [4.78, 5) is 29.7. The van der Waals surface area contributed by atoms with Crippen LogP contribution in [0.5, 0.6) is 5.75 Å². The van der Waals surface area contributed by atoms with Crippen LogP contribution in [0, 0.1) is 5.92 Å². The van der Waals surface area contributed by atoms with Gasteiger partial charge in [-0.3, -0.25) is 14.5 Å². The summed E-state index contributed by atoms with van der Waals surface area (Å²) < 4.78 is 1.61. The number of hydrogen-bond acceptors (Lipinski definition) is 4. The monoisotopic (exact) mass is 535 g/mol. The highest BCUT2D eigenvalue weighted by Gasteiger charge is 2.56. The molecule has 3 atom stereocenters. The molecule has 2 aliphatic carbocycles. The van der Waals surface area contributed by atoms with E-state index in [0.29, 0.717) is 23.0 Å². The summed E-state index contributed by atoms with van der Waals surface area (Å²) in [5.41, 5.74) is 1.73. The zero-order valence-corrected chi connectivity index (χ0v) is 23.2. The molecule has 4 fully saturated rings. The summed E-state index contributed by atoms with van der Waals surface area (Å²) in [6.07, 6.45) is 6.38. The van der Waals surface area contributed by atoms with Crippen molar-refractivity contribution in [2.24, 2.45) is 5.92 Å². The van der Waals surface area contributed by atoms with E-state index in [1.54, 1.807) is 10.6 Å². The highest BCUT2D eigenvalue weighted by Crippen LogP contribution is 2.57. The molecule has 7 rings (SSSR count). The lowest BCUT2D eigenvalue weighted by atomic mass is 9.53. The number of benzene rings is 2. The van der Waals surface area contributed by atoms with Gasteiger partial charge >= 0.3 is 0 Å². The van der Waals surface area contributed by atoms with Crippen molar-refractivity contribution in [2.45, 2.75) is 89.0 Å². The van der Waals surface area contributed by atoms with Gasteiger partial charge in [0.25, 0.3) is 11.5 Å². The number of aromatic nitrogens is 1. The summed E-state index contributed by atoms with van der Waals surface area (Å²) in [5, 5.41) is 14.8. The largest absolute Gasteiger partial charge is 0.506 e. The van der Waals surface area contributed by atoms with Gasteiger partial charge in [0, 0.05) is 23.5 Å². The molecule has 0 radical (unpaired) electrons. The maximum atomic E-state index is 13.7. The third-order valence-corrected chi connectivity index (χ3v) is 9.25. The lowest BCUT2D eigenvalue weighted by molar-refractivity contribution is -0.101. The maximum Gasteiger partial charge on any atom is 0.267 e. The molecule has 202 valence electrons. The second-order valence-corrected chi connectivity index (χ2v) is 11.8. The number of hydrogen-bond donors (Lipinski definition) is 2. The molecule has 4 aliphatic rings. The Labute approximate surface area is 230 Å². The zero-order valence-electron chi connectivity index (χ0n) is 22.4. The van der Waals surface area contributed by atoms with Crippen LogP contribution in [0.3, 0.4) is 0 Å². The number of nitrogens with zero attached hydrogens (tertiary/aromatic N) is 2. The predicted molar refractivity (Wildman–Crippen MR) is 153 cm³/mol. The molecular formula is C31H38ClN3O3. The Hall–Kier alpha value is -2.83. The standard InChI is InChI=1S/C31H37N3O3.ClH/c1-4-26(32-29(36)27-28(35)24-12-8-9-13-25(24)33(19(2)3)30(27)37)34-22-14-20-15-23(34)18-31(16-20,17-22)21-10-6-5-7-11-21;/h5-13,19-20,22-23,26,35H,4,14-18H2,1-3H3,(H,32,36);1H. The minimum absolute atomic E-state index is 0. The van der Waals surface area contributed by atoms with Gasteiger partial charge in [0.05, 0.1) is 11.7 Å². The number of pyridine rings is 1. The summed E-state index contributed by atoms with van der Waals surface area (Å²) >= 11 is 0. The molecule has 6 nitrogen and oxygen atoms in total. The fourth-order valence-electron chi connectivity index (χ4n) is 7.99. The third kappa shape index (κ3) is 4.13. The third-order valence-electron chi connectivity index (χ3n) is 9.25. The fraction of sp³-hybridized carbons (Fsp3) is 0.484. The van der Waals surface area contributed by atoms with E-state index in [1.807, 2.05) is 32.0 Å². The van der Waals surface area contributed by atoms with E-state index < -0.39 is 11.5 Å². The van der Waals surface area contributed by atoms with Crippen molar-refractivity contribution in [1.29, 1.82) is 0 Å². The van der Waals surface area contributed by atoms with Crippen molar-refractivity contribution in [2.75, 3.05) is 0 Å². The Kier molecular flexibility index (Phi) is 7.08. The predicted octanol–water partition coefficient (Wildman–Crippen LogP) is 5.76. The number of fused-ring (bicyclic) bond motifs is 1. The van der Waals surface area contributed by atoms with E-state index >= 15 is 0 Å². The molecule has 0 spiro atoms. The number of para-hydroxylation sites is 1. The summed E-state index contributed by atoms with van der Waals surface area (Å²) in [6.45, 7) is 5.93. The van der Waals surface area contributed by atoms with E-state index in [1.165, 1.54) is 24.8 Å². The van der Waals surface area contributed by atoms with E-state index in [0.717, 1.165) is 25.2 Å². The van der Waals surface area contributed by atoms with Crippen LogP contribution in [0.1, 0.15) is 81.3 Å². The number of halogens is 1. The van der Waals surface area contributed by atoms with E-state index in [-0.39, 0.29) is 41.3 Å². The first-order valence-corrected chi connectivity index (χ1v) is 13.8. The second-order valence-electron chi connectivity index (χ2n) is 11.8. The smallest absolute Gasteiger partial charge is 0.267 e. The first-order chi connectivity index (χ1) is 17.8. The van der Waals surface area contributed by atoms with Gasteiger partial charge in [-0.2, -0.15) is 0 Å². The molecule has 38 heavy (non-hydrogen) atoms.